The number of hydrogen-bond donors (Lipinski definition) is 1. The molecule has 0 aliphatic rings. The highest BCUT2D eigenvalue weighted by Gasteiger charge is 2.16. The summed E-state index contributed by atoms with van der Waals surface area (Å²) >= 11 is 1.37. The molecule has 1 rings (SSSR count). The first-order chi connectivity index (χ1) is 9.93. The molecule has 0 aromatic carbocycles. The van der Waals surface area contributed by atoms with E-state index in [4.69, 9.17) is 5.11 Å². The van der Waals surface area contributed by atoms with Crippen molar-refractivity contribution in [2.45, 2.75) is 13.3 Å². The third-order valence-electron chi connectivity index (χ3n) is 2.85. The van der Waals surface area contributed by atoms with Crippen molar-refractivity contribution in [1.29, 1.82) is 0 Å². The fourth-order valence-corrected chi connectivity index (χ4v) is 2.57. The standard InChI is InChI=1S/C15H22N2O3S/c1-4-7-17(9-8-16(2)3)15(20)12-10-13(21-11-12)5-6-14(18)19/h5-6,10-11H,4,7-9H2,1-3H3,(H,18,19). The lowest BCUT2D eigenvalue weighted by atomic mass is 10.2. The fourth-order valence-electron chi connectivity index (χ4n) is 1.79. The second-order valence-electron chi connectivity index (χ2n) is 5.00. The van der Waals surface area contributed by atoms with Gasteiger partial charge >= 0.3 is 5.97 Å². The molecule has 1 N–H and O–H groups in total. The van der Waals surface area contributed by atoms with Gasteiger partial charge in [-0.05, 0) is 32.7 Å². The second-order valence-corrected chi connectivity index (χ2v) is 5.95. The van der Waals surface area contributed by atoms with Gasteiger partial charge in [-0.2, -0.15) is 0 Å². The van der Waals surface area contributed by atoms with E-state index in [1.165, 1.54) is 17.4 Å². The molecule has 1 heterocycles. The highest BCUT2D eigenvalue weighted by atomic mass is 32.1. The Morgan fingerprint density at radius 2 is 2.00 bits per heavy atom. The molecule has 0 saturated heterocycles. The monoisotopic (exact) mass is 310 g/mol. The molecule has 0 fully saturated rings. The molecule has 0 spiro atoms. The number of carboxylic acid groups (broad SMARTS) is 1. The van der Waals surface area contributed by atoms with Crippen LogP contribution in [0, 0.1) is 0 Å². The highest BCUT2D eigenvalue weighted by molar-refractivity contribution is 7.11. The van der Waals surface area contributed by atoms with Crippen LogP contribution in [0.25, 0.3) is 6.08 Å². The zero-order valence-electron chi connectivity index (χ0n) is 12.7. The third-order valence-corrected chi connectivity index (χ3v) is 3.75. The topological polar surface area (TPSA) is 60.9 Å². The quantitative estimate of drug-likeness (QED) is 0.748. The van der Waals surface area contributed by atoms with Crippen LogP contribution < -0.4 is 0 Å². The summed E-state index contributed by atoms with van der Waals surface area (Å²) in [6.07, 6.45) is 3.50. The van der Waals surface area contributed by atoms with Crippen molar-refractivity contribution in [3.8, 4) is 0 Å². The number of carboxylic acids is 1. The van der Waals surface area contributed by atoms with Crippen LogP contribution in [0.4, 0.5) is 0 Å². The summed E-state index contributed by atoms with van der Waals surface area (Å²) < 4.78 is 0. The SMILES string of the molecule is CCCN(CCN(C)C)C(=O)c1csc(C=CC(=O)O)c1. The molecule has 0 atom stereocenters. The molecule has 116 valence electrons. The fraction of sp³-hybridized carbons (Fsp3) is 0.467. The Balaban J connectivity index is 2.76. The van der Waals surface area contributed by atoms with Crippen LogP contribution in [0.5, 0.6) is 0 Å². The van der Waals surface area contributed by atoms with Crippen molar-refractivity contribution in [3.63, 3.8) is 0 Å². The summed E-state index contributed by atoms with van der Waals surface area (Å²) in [6, 6.07) is 1.74. The Morgan fingerprint density at radius 1 is 1.29 bits per heavy atom. The first-order valence-electron chi connectivity index (χ1n) is 6.87. The third kappa shape index (κ3) is 6.10. The largest absolute Gasteiger partial charge is 0.478 e. The summed E-state index contributed by atoms with van der Waals surface area (Å²) in [4.78, 5) is 27.6. The summed E-state index contributed by atoms with van der Waals surface area (Å²) in [7, 11) is 3.96. The maximum Gasteiger partial charge on any atom is 0.328 e. The lowest BCUT2D eigenvalue weighted by molar-refractivity contribution is -0.131. The number of hydrogen-bond acceptors (Lipinski definition) is 4. The van der Waals surface area contributed by atoms with Gasteiger partial charge in [0.25, 0.3) is 5.91 Å². The number of nitrogens with zero attached hydrogens (tertiary/aromatic N) is 2. The van der Waals surface area contributed by atoms with E-state index >= 15 is 0 Å². The number of carbonyl (C=O) groups is 2. The van der Waals surface area contributed by atoms with Crippen molar-refractivity contribution in [1.82, 2.24) is 9.80 Å². The Hall–Kier alpha value is -1.66. The molecule has 1 aromatic heterocycles. The van der Waals surface area contributed by atoms with E-state index in [2.05, 4.69) is 0 Å². The van der Waals surface area contributed by atoms with Crippen molar-refractivity contribution < 1.29 is 14.7 Å². The normalized spacial score (nSPS) is 11.2. The molecule has 0 aliphatic heterocycles. The predicted octanol–water partition coefficient (Wildman–Crippen LogP) is 2.26. The minimum Gasteiger partial charge on any atom is -0.478 e. The summed E-state index contributed by atoms with van der Waals surface area (Å²) in [5.74, 6) is -0.986. The van der Waals surface area contributed by atoms with E-state index in [1.807, 2.05) is 30.8 Å². The Kier molecular flexibility index (Phi) is 7.11. The van der Waals surface area contributed by atoms with Gasteiger partial charge < -0.3 is 14.9 Å². The average Bonchev–Trinajstić information content (AvgIpc) is 2.89. The van der Waals surface area contributed by atoms with E-state index in [-0.39, 0.29) is 5.91 Å². The predicted molar refractivity (Wildman–Crippen MR) is 85.7 cm³/mol. The van der Waals surface area contributed by atoms with Crippen LogP contribution in [0.2, 0.25) is 0 Å². The number of amides is 1. The number of carbonyl (C=O) groups excluding carboxylic acids is 1. The molecule has 0 aliphatic carbocycles. The Morgan fingerprint density at radius 3 is 2.57 bits per heavy atom. The zero-order valence-corrected chi connectivity index (χ0v) is 13.5. The average molecular weight is 310 g/mol. The van der Waals surface area contributed by atoms with Gasteiger partial charge in [0.1, 0.15) is 0 Å². The van der Waals surface area contributed by atoms with Crippen molar-refractivity contribution in [2.75, 3.05) is 33.7 Å². The minimum absolute atomic E-state index is 0.00456. The smallest absolute Gasteiger partial charge is 0.328 e. The van der Waals surface area contributed by atoms with E-state index in [9.17, 15) is 9.59 Å². The summed E-state index contributed by atoms with van der Waals surface area (Å²) in [5, 5.41) is 10.4. The Labute approximate surface area is 129 Å². The second kappa shape index (κ2) is 8.59. The van der Waals surface area contributed by atoms with Crippen LogP contribution in [-0.2, 0) is 4.79 Å². The molecule has 0 unspecified atom stereocenters. The van der Waals surface area contributed by atoms with E-state index in [0.717, 1.165) is 30.5 Å². The molecule has 0 saturated carbocycles. The molecule has 0 bridgehead atoms. The molecular formula is C15H22N2O3S. The van der Waals surface area contributed by atoms with Crippen LogP contribution in [0.3, 0.4) is 0 Å². The lowest BCUT2D eigenvalue weighted by Gasteiger charge is -2.23. The van der Waals surface area contributed by atoms with Crippen LogP contribution in [-0.4, -0.2) is 60.5 Å². The highest BCUT2D eigenvalue weighted by Crippen LogP contribution is 2.18. The lowest BCUT2D eigenvalue weighted by Crippen LogP contribution is -2.37. The van der Waals surface area contributed by atoms with Gasteiger partial charge in [-0.3, -0.25) is 4.79 Å². The van der Waals surface area contributed by atoms with Gasteiger partial charge in [-0.1, -0.05) is 6.92 Å². The summed E-state index contributed by atoms with van der Waals surface area (Å²) in [6.45, 7) is 4.28. The van der Waals surface area contributed by atoms with Crippen molar-refractivity contribution >= 4 is 29.3 Å². The molecular weight excluding hydrogens is 288 g/mol. The summed E-state index contributed by atoms with van der Waals surface area (Å²) in [5.41, 5.74) is 0.622. The maximum atomic E-state index is 12.5. The van der Waals surface area contributed by atoms with Gasteiger partial charge in [0, 0.05) is 36.0 Å². The number of likely N-dealkylation sites (N-methyl/N-ethyl adjacent to an activating group) is 1. The van der Waals surface area contributed by atoms with E-state index in [1.54, 1.807) is 11.4 Å². The first kappa shape index (κ1) is 17.4. The minimum atomic E-state index is -0.991. The molecule has 1 aromatic rings. The zero-order chi connectivity index (χ0) is 15.8. The molecule has 21 heavy (non-hydrogen) atoms. The molecule has 5 nitrogen and oxygen atoms in total. The molecule has 1 amide bonds. The maximum absolute atomic E-state index is 12.5. The van der Waals surface area contributed by atoms with E-state index in [0.29, 0.717) is 12.1 Å². The number of thiophene rings is 1. The van der Waals surface area contributed by atoms with Gasteiger partial charge in [0.15, 0.2) is 0 Å². The van der Waals surface area contributed by atoms with Gasteiger partial charge in [-0.25, -0.2) is 4.79 Å². The van der Waals surface area contributed by atoms with Crippen molar-refractivity contribution in [2.24, 2.45) is 0 Å². The first-order valence-corrected chi connectivity index (χ1v) is 7.75. The van der Waals surface area contributed by atoms with Gasteiger partial charge in [0.2, 0.25) is 0 Å². The van der Waals surface area contributed by atoms with Crippen LogP contribution in [0.1, 0.15) is 28.6 Å². The van der Waals surface area contributed by atoms with Gasteiger partial charge in [-0.15, -0.1) is 11.3 Å². The van der Waals surface area contributed by atoms with Gasteiger partial charge in [0.05, 0.1) is 5.56 Å². The number of rotatable bonds is 8. The Bertz CT molecular complexity index is 509. The van der Waals surface area contributed by atoms with Crippen LogP contribution in [0.15, 0.2) is 17.5 Å². The van der Waals surface area contributed by atoms with Crippen molar-refractivity contribution in [3.05, 3.63) is 28.0 Å². The molecule has 6 heteroatoms. The number of aliphatic carboxylic acids is 1. The van der Waals surface area contributed by atoms with E-state index < -0.39 is 5.97 Å². The van der Waals surface area contributed by atoms with Crippen LogP contribution >= 0.6 is 11.3 Å². The molecule has 0 radical (unpaired) electrons.